The van der Waals surface area contributed by atoms with Crippen molar-refractivity contribution in [2.75, 3.05) is 31.1 Å². The summed E-state index contributed by atoms with van der Waals surface area (Å²) in [4.78, 5) is 2.09. The summed E-state index contributed by atoms with van der Waals surface area (Å²) in [6.07, 6.45) is 1.56. The Kier molecular flexibility index (Phi) is 4.48. The minimum Gasteiger partial charge on any atom is -0.461 e. The van der Waals surface area contributed by atoms with Crippen molar-refractivity contribution in [2.45, 2.75) is 4.90 Å². The molecule has 30 heavy (non-hydrogen) atoms. The van der Waals surface area contributed by atoms with Gasteiger partial charge in [-0.25, -0.2) is 12.8 Å². The molecule has 0 bridgehead atoms. The van der Waals surface area contributed by atoms with Gasteiger partial charge in [-0.2, -0.15) is 8.82 Å². The number of anilines is 1. The third kappa shape index (κ3) is 3.21. The maximum Gasteiger partial charge on any atom is 0.243 e. The molecule has 1 aliphatic heterocycles. The van der Waals surface area contributed by atoms with Crippen LogP contribution < -0.4 is 4.90 Å². The van der Waals surface area contributed by atoms with E-state index in [4.69, 9.17) is 4.42 Å². The fraction of sp³-hybridized carbons (Fsp3) is 0.211. The maximum atomic E-state index is 13.1. The van der Waals surface area contributed by atoms with Gasteiger partial charge in [-0.05, 0) is 48.5 Å². The molecule has 1 saturated heterocycles. The van der Waals surface area contributed by atoms with E-state index in [9.17, 15) is 12.8 Å². The SMILES string of the molecule is O=S(=O)(c1ccc(F)cc1)N1CCN(c2ccc3nnc(-c4ccco4)n3n2)CC1. The van der Waals surface area contributed by atoms with E-state index in [0.29, 0.717) is 49.2 Å². The standard InChI is InChI=1S/C19H17FN6O3S/c20-14-3-5-15(6-4-14)30(27,28)25-11-9-24(10-12-25)18-8-7-17-21-22-19(26(17)23-18)16-2-1-13-29-16/h1-8,13H,9-12H2. The van der Waals surface area contributed by atoms with Crippen LogP contribution in [-0.2, 0) is 10.0 Å². The molecule has 0 aliphatic carbocycles. The zero-order valence-corrected chi connectivity index (χ0v) is 16.5. The van der Waals surface area contributed by atoms with Crippen LogP contribution in [0.5, 0.6) is 0 Å². The molecule has 1 aliphatic rings. The molecule has 0 spiro atoms. The van der Waals surface area contributed by atoms with E-state index in [2.05, 4.69) is 15.3 Å². The Morgan fingerprint density at radius 3 is 2.40 bits per heavy atom. The molecule has 3 aromatic heterocycles. The third-order valence-electron chi connectivity index (χ3n) is 5.00. The zero-order valence-electron chi connectivity index (χ0n) is 15.7. The van der Waals surface area contributed by atoms with Gasteiger partial charge in [0.15, 0.2) is 11.4 Å². The van der Waals surface area contributed by atoms with Crippen LogP contribution in [0.3, 0.4) is 0 Å². The Bertz CT molecular complexity index is 1280. The van der Waals surface area contributed by atoms with Gasteiger partial charge in [0.05, 0.1) is 11.2 Å². The van der Waals surface area contributed by atoms with Crippen LogP contribution in [0, 0.1) is 5.82 Å². The second kappa shape index (κ2) is 7.18. The van der Waals surface area contributed by atoms with Gasteiger partial charge < -0.3 is 9.32 Å². The molecule has 11 heteroatoms. The van der Waals surface area contributed by atoms with Crippen molar-refractivity contribution < 1.29 is 17.2 Å². The second-order valence-corrected chi connectivity index (χ2v) is 8.75. The Labute approximate surface area is 171 Å². The quantitative estimate of drug-likeness (QED) is 0.491. The predicted molar refractivity (Wildman–Crippen MR) is 106 cm³/mol. The molecule has 9 nitrogen and oxygen atoms in total. The zero-order chi connectivity index (χ0) is 20.7. The molecule has 154 valence electrons. The molecule has 0 saturated carbocycles. The topological polar surface area (TPSA) is 96.8 Å². The van der Waals surface area contributed by atoms with Crippen LogP contribution in [0.1, 0.15) is 0 Å². The van der Waals surface area contributed by atoms with Gasteiger partial charge in [-0.15, -0.1) is 15.3 Å². The molecular formula is C19H17FN6O3S. The number of hydrogen-bond acceptors (Lipinski definition) is 7. The van der Waals surface area contributed by atoms with E-state index in [0.717, 1.165) is 12.1 Å². The number of halogens is 1. The summed E-state index contributed by atoms with van der Waals surface area (Å²) in [5.74, 6) is 1.27. The van der Waals surface area contributed by atoms with Crippen LogP contribution in [0.2, 0.25) is 0 Å². The predicted octanol–water partition coefficient (Wildman–Crippen LogP) is 2.03. The molecule has 0 amide bonds. The molecule has 4 heterocycles. The fourth-order valence-electron chi connectivity index (χ4n) is 3.42. The van der Waals surface area contributed by atoms with Gasteiger partial charge in [0.1, 0.15) is 11.6 Å². The number of fused-ring (bicyclic) bond motifs is 1. The molecule has 5 rings (SSSR count). The first kappa shape index (κ1) is 18.7. The highest BCUT2D eigenvalue weighted by atomic mass is 32.2. The van der Waals surface area contributed by atoms with Crippen molar-refractivity contribution in [1.29, 1.82) is 0 Å². The number of nitrogens with zero attached hydrogens (tertiary/aromatic N) is 6. The van der Waals surface area contributed by atoms with Crippen molar-refractivity contribution in [3.63, 3.8) is 0 Å². The Balaban J connectivity index is 1.36. The number of sulfonamides is 1. The largest absolute Gasteiger partial charge is 0.461 e. The van der Waals surface area contributed by atoms with Gasteiger partial charge in [-0.1, -0.05) is 0 Å². The highest BCUT2D eigenvalue weighted by molar-refractivity contribution is 7.89. The molecular weight excluding hydrogens is 411 g/mol. The average molecular weight is 428 g/mol. The lowest BCUT2D eigenvalue weighted by Crippen LogP contribution is -2.49. The van der Waals surface area contributed by atoms with Crippen LogP contribution in [-0.4, -0.2) is 58.7 Å². The highest BCUT2D eigenvalue weighted by Crippen LogP contribution is 2.22. The first-order chi connectivity index (χ1) is 14.5. The fourth-order valence-corrected chi connectivity index (χ4v) is 4.84. The van der Waals surface area contributed by atoms with Gasteiger partial charge in [0, 0.05) is 26.2 Å². The van der Waals surface area contributed by atoms with E-state index >= 15 is 0 Å². The van der Waals surface area contributed by atoms with Crippen LogP contribution in [0.25, 0.3) is 17.2 Å². The van der Waals surface area contributed by atoms with Crippen molar-refractivity contribution in [2.24, 2.45) is 0 Å². The van der Waals surface area contributed by atoms with E-state index in [1.165, 1.54) is 16.4 Å². The first-order valence-corrected chi connectivity index (χ1v) is 10.7. The lowest BCUT2D eigenvalue weighted by molar-refractivity contribution is 0.383. The number of furan rings is 1. The van der Waals surface area contributed by atoms with E-state index in [1.54, 1.807) is 22.9 Å². The minimum absolute atomic E-state index is 0.0875. The molecule has 0 radical (unpaired) electrons. The summed E-state index contributed by atoms with van der Waals surface area (Å²) in [6, 6.07) is 12.1. The highest BCUT2D eigenvalue weighted by Gasteiger charge is 2.29. The van der Waals surface area contributed by atoms with Crippen molar-refractivity contribution in [3.05, 3.63) is 60.6 Å². The lowest BCUT2D eigenvalue weighted by atomic mass is 10.3. The van der Waals surface area contributed by atoms with Crippen LogP contribution >= 0.6 is 0 Å². The number of hydrogen-bond donors (Lipinski definition) is 0. The summed E-state index contributed by atoms with van der Waals surface area (Å²) in [6.45, 7) is 1.54. The molecule has 4 aromatic rings. The van der Waals surface area contributed by atoms with Crippen molar-refractivity contribution >= 4 is 21.5 Å². The summed E-state index contributed by atoms with van der Waals surface area (Å²) >= 11 is 0. The monoisotopic (exact) mass is 428 g/mol. The number of benzene rings is 1. The molecule has 0 unspecified atom stereocenters. The van der Waals surface area contributed by atoms with Gasteiger partial charge in [-0.3, -0.25) is 0 Å². The lowest BCUT2D eigenvalue weighted by Gasteiger charge is -2.34. The molecule has 1 aromatic carbocycles. The van der Waals surface area contributed by atoms with E-state index in [-0.39, 0.29) is 4.90 Å². The summed E-state index contributed by atoms with van der Waals surface area (Å²) in [7, 11) is -3.66. The number of piperazine rings is 1. The first-order valence-electron chi connectivity index (χ1n) is 9.29. The van der Waals surface area contributed by atoms with E-state index < -0.39 is 15.8 Å². The van der Waals surface area contributed by atoms with E-state index in [1.807, 2.05) is 17.0 Å². The van der Waals surface area contributed by atoms with Gasteiger partial charge >= 0.3 is 0 Å². The van der Waals surface area contributed by atoms with Gasteiger partial charge in [0.2, 0.25) is 15.8 Å². The van der Waals surface area contributed by atoms with Crippen LogP contribution in [0.15, 0.2) is 64.1 Å². The smallest absolute Gasteiger partial charge is 0.243 e. The van der Waals surface area contributed by atoms with Gasteiger partial charge in [0.25, 0.3) is 0 Å². The molecule has 0 atom stereocenters. The van der Waals surface area contributed by atoms with Crippen molar-refractivity contribution in [3.8, 4) is 11.6 Å². The minimum atomic E-state index is -3.66. The summed E-state index contributed by atoms with van der Waals surface area (Å²) in [5, 5.41) is 12.9. The molecule has 0 N–H and O–H groups in total. The summed E-state index contributed by atoms with van der Waals surface area (Å²) in [5.41, 5.74) is 0.586. The number of aromatic nitrogens is 4. The van der Waals surface area contributed by atoms with Crippen LogP contribution in [0.4, 0.5) is 10.2 Å². The Hall–Kier alpha value is -3.31. The second-order valence-electron chi connectivity index (χ2n) is 6.81. The third-order valence-corrected chi connectivity index (χ3v) is 6.92. The Morgan fingerprint density at radius 1 is 0.933 bits per heavy atom. The Morgan fingerprint density at radius 2 is 1.70 bits per heavy atom. The maximum absolute atomic E-state index is 13.1. The summed E-state index contributed by atoms with van der Waals surface area (Å²) < 4.78 is 47.1. The number of rotatable bonds is 4. The van der Waals surface area contributed by atoms with Crippen molar-refractivity contribution in [1.82, 2.24) is 24.1 Å². The normalized spacial score (nSPS) is 15.7. The molecule has 1 fully saturated rings. The average Bonchev–Trinajstić information content (AvgIpc) is 3.43.